The number of nitrogens with zero attached hydrogens (tertiary/aromatic N) is 2. The summed E-state index contributed by atoms with van der Waals surface area (Å²) in [5.41, 5.74) is 0. The summed E-state index contributed by atoms with van der Waals surface area (Å²) < 4.78 is 0. The molecule has 2 heterocycles. The number of hydrogen-bond acceptors (Lipinski definition) is 3. The number of carbonyl (C=O) groups is 2. The van der Waals surface area contributed by atoms with Crippen LogP contribution in [0.2, 0.25) is 0 Å². The molecule has 0 unspecified atom stereocenters. The van der Waals surface area contributed by atoms with Gasteiger partial charge in [-0.05, 0) is 19.3 Å². The second kappa shape index (κ2) is 13.5. The van der Waals surface area contributed by atoms with Gasteiger partial charge >= 0.3 is 0 Å². The number of hydrogen-bond donors (Lipinski definition) is 0. The molecule has 0 aromatic heterocycles. The number of unbranched alkanes of at least 4 members (excludes halogenated alkanes) is 10. The Morgan fingerprint density at radius 1 is 0.852 bits per heavy atom. The van der Waals surface area contributed by atoms with Crippen molar-refractivity contribution in [2.24, 2.45) is 0 Å². The van der Waals surface area contributed by atoms with E-state index < -0.39 is 0 Å². The summed E-state index contributed by atoms with van der Waals surface area (Å²) in [5.74, 6) is 1.85. The van der Waals surface area contributed by atoms with Crippen molar-refractivity contribution >= 4 is 23.6 Å². The minimum Gasteiger partial charge on any atom is -0.341 e. The fourth-order valence-corrected chi connectivity index (χ4v) is 5.30. The molecule has 0 N–H and O–H groups in total. The summed E-state index contributed by atoms with van der Waals surface area (Å²) in [7, 11) is 0. The topological polar surface area (TPSA) is 40.6 Å². The lowest BCUT2D eigenvalue weighted by Crippen LogP contribution is -2.48. The molecular weight excluding hydrogens is 356 g/mol. The zero-order chi connectivity index (χ0) is 19.3. The van der Waals surface area contributed by atoms with Gasteiger partial charge in [0, 0.05) is 25.3 Å². The van der Waals surface area contributed by atoms with Crippen LogP contribution in [0.5, 0.6) is 0 Å². The van der Waals surface area contributed by atoms with Gasteiger partial charge in [-0.1, -0.05) is 71.1 Å². The maximum atomic E-state index is 12.6. The van der Waals surface area contributed by atoms with Gasteiger partial charge in [0.25, 0.3) is 0 Å². The van der Waals surface area contributed by atoms with Crippen LogP contribution in [0.1, 0.15) is 96.8 Å². The molecule has 27 heavy (non-hydrogen) atoms. The highest BCUT2D eigenvalue weighted by Gasteiger charge is 2.37. The van der Waals surface area contributed by atoms with E-state index in [1.54, 1.807) is 11.8 Å². The molecule has 156 valence electrons. The average molecular weight is 397 g/mol. The Bertz CT molecular complexity index is 438. The summed E-state index contributed by atoms with van der Waals surface area (Å²) in [4.78, 5) is 29.0. The van der Waals surface area contributed by atoms with Crippen molar-refractivity contribution in [2.45, 2.75) is 103 Å². The van der Waals surface area contributed by atoms with Crippen molar-refractivity contribution in [1.29, 1.82) is 0 Å². The van der Waals surface area contributed by atoms with Gasteiger partial charge in [0.2, 0.25) is 11.8 Å². The monoisotopic (exact) mass is 396 g/mol. The molecule has 2 fully saturated rings. The predicted molar refractivity (Wildman–Crippen MR) is 115 cm³/mol. The van der Waals surface area contributed by atoms with Gasteiger partial charge in [-0.15, -0.1) is 11.8 Å². The zero-order valence-corrected chi connectivity index (χ0v) is 18.2. The maximum absolute atomic E-state index is 12.6. The number of carbonyl (C=O) groups excluding carboxylic acids is 2. The first-order valence-corrected chi connectivity index (χ1v) is 12.6. The molecule has 2 aliphatic rings. The molecule has 0 bridgehead atoms. The minimum atomic E-state index is -0.201. The van der Waals surface area contributed by atoms with E-state index in [2.05, 4.69) is 6.92 Å². The number of rotatable bonds is 13. The van der Waals surface area contributed by atoms with Crippen molar-refractivity contribution in [2.75, 3.05) is 24.7 Å². The van der Waals surface area contributed by atoms with Gasteiger partial charge in [0.05, 0.1) is 5.88 Å². The Morgan fingerprint density at radius 2 is 1.41 bits per heavy atom. The molecule has 4 nitrogen and oxygen atoms in total. The van der Waals surface area contributed by atoms with E-state index in [9.17, 15) is 9.59 Å². The van der Waals surface area contributed by atoms with Gasteiger partial charge < -0.3 is 9.80 Å². The fraction of sp³-hybridized carbons (Fsp3) is 0.909. The lowest BCUT2D eigenvalue weighted by molar-refractivity contribution is -0.142. The SMILES string of the molecule is CCCCCCCCCCCCCC(=O)N1CSC[C@H]1C(=O)N1CCCC1. The van der Waals surface area contributed by atoms with Crippen LogP contribution in [0.25, 0.3) is 0 Å². The molecular formula is C22H40N2O2S. The quantitative estimate of drug-likeness (QED) is 0.401. The Balaban J connectivity index is 1.51. The third kappa shape index (κ3) is 8.05. The van der Waals surface area contributed by atoms with E-state index in [4.69, 9.17) is 0 Å². The van der Waals surface area contributed by atoms with E-state index in [1.807, 2.05) is 9.80 Å². The van der Waals surface area contributed by atoms with Gasteiger partial charge in [0.1, 0.15) is 6.04 Å². The van der Waals surface area contributed by atoms with Gasteiger partial charge in [-0.25, -0.2) is 0 Å². The molecule has 2 rings (SSSR count). The van der Waals surface area contributed by atoms with Crippen LogP contribution in [-0.4, -0.2) is 52.4 Å². The van der Waals surface area contributed by atoms with Crippen molar-refractivity contribution in [1.82, 2.24) is 9.80 Å². The maximum Gasteiger partial charge on any atom is 0.246 e. The summed E-state index contributed by atoms with van der Waals surface area (Å²) in [6, 6.07) is -0.201. The van der Waals surface area contributed by atoms with Gasteiger partial charge in [-0.2, -0.15) is 0 Å². The lowest BCUT2D eigenvalue weighted by Gasteiger charge is -2.27. The lowest BCUT2D eigenvalue weighted by atomic mass is 10.0. The van der Waals surface area contributed by atoms with Crippen molar-refractivity contribution < 1.29 is 9.59 Å². The third-order valence-corrected chi connectivity index (χ3v) is 6.91. The molecule has 1 atom stereocenters. The molecule has 2 aliphatic heterocycles. The molecule has 0 saturated carbocycles. The van der Waals surface area contributed by atoms with E-state index in [0.29, 0.717) is 12.3 Å². The van der Waals surface area contributed by atoms with E-state index in [1.165, 1.54) is 57.8 Å². The number of likely N-dealkylation sites (tertiary alicyclic amines) is 1. The fourth-order valence-electron chi connectivity index (χ4n) is 4.13. The van der Waals surface area contributed by atoms with Crippen molar-refractivity contribution in [3.63, 3.8) is 0 Å². The Morgan fingerprint density at radius 3 is 2.00 bits per heavy atom. The Kier molecular flexibility index (Phi) is 11.3. The normalized spacial score (nSPS) is 19.8. The summed E-state index contributed by atoms with van der Waals surface area (Å²) in [6.07, 6.45) is 17.1. The highest BCUT2D eigenvalue weighted by atomic mass is 32.2. The van der Waals surface area contributed by atoms with E-state index >= 15 is 0 Å². The molecule has 0 radical (unpaired) electrons. The first kappa shape index (κ1) is 22.6. The second-order valence-electron chi connectivity index (χ2n) is 8.20. The van der Waals surface area contributed by atoms with Crippen LogP contribution in [0, 0.1) is 0 Å². The van der Waals surface area contributed by atoms with E-state index in [0.717, 1.165) is 44.5 Å². The molecule has 2 saturated heterocycles. The van der Waals surface area contributed by atoms with Crippen molar-refractivity contribution in [3.8, 4) is 0 Å². The highest BCUT2D eigenvalue weighted by Crippen LogP contribution is 2.25. The van der Waals surface area contributed by atoms with Crippen molar-refractivity contribution in [3.05, 3.63) is 0 Å². The third-order valence-electron chi connectivity index (χ3n) is 5.90. The standard InChI is InChI=1S/C22H40N2O2S/c1-2-3-4-5-6-7-8-9-10-11-12-15-21(25)24-19-27-18-20(24)22(26)23-16-13-14-17-23/h20H,2-19H2,1H3/t20-/m0/s1. The summed E-state index contributed by atoms with van der Waals surface area (Å²) in [5, 5.41) is 0. The molecule has 2 amide bonds. The number of thioether (sulfide) groups is 1. The van der Waals surface area contributed by atoms with E-state index in [-0.39, 0.29) is 17.9 Å². The van der Waals surface area contributed by atoms with Crippen LogP contribution in [0.3, 0.4) is 0 Å². The van der Waals surface area contributed by atoms with Crippen LogP contribution in [0.4, 0.5) is 0 Å². The zero-order valence-electron chi connectivity index (χ0n) is 17.4. The Hall–Kier alpha value is -0.710. The average Bonchev–Trinajstić information content (AvgIpc) is 3.37. The molecule has 0 aliphatic carbocycles. The summed E-state index contributed by atoms with van der Waals surface area (Å²) in [6.45, 7) is 4.01. The molecule has 0 aromatic carbocycles. The highest BCUT2D eigenvalue weighted by molar-refractivity contribution is 7.99. The molecule has 0 aromatic rings. The minimum absolute atomic E-state index is 0.185. The summed E-state index contributed by atoms with van der Waals surface area (Å²) >= 11 is 1.72. The second-order valence-corrected chi connectivity index (χ2v) is 9.20. The first-order valence-electron chi connectivity index (χ1n) is 11.4. The van der Waals surface area contributed by atoms with Crippen LogP contribution in [-0.2, 0) is 9.59 Å². The van der Waals surface area contributed by atoms with Crippen LogP contribution >= 0.6 is 11.8 Å². The van der Waals surface area contributed by atoms with Gasteiger partial charge in [0.15, 0.2) is 0 Å². The molecule has 5 heteroatoms. The predicted octanol–water partition coefficient (Wildman–Crippen LogP) is 5.21. The number of amides is 2. The largest absolute Gasteiger partial charge is 0.341 e. The smallest absolute Gasteiger partial charge is 0.246 e. The Labute approximate surface area is 170 Å². The molecule has 0 spiro atoms. The first-order chi connectivity index (χ1) is 13.2. The van der Waals surface area contributed by atoms with Crippen LogP contribution in [0.15, 0.2) is 0 Å². The van der Waals surface area contributed by atoms with Gasteiger partial charge in [-0.3, -0.25) is 9.59 Å². The van der Waals surface area contributed by atoms with Crippen LogP contribution < -0.4 is 0 Å².